The number of rotatable bonds is 2. The van der Waals surface area contributed by atoms with Crippen LogP contribution in [0.1, 0.15) is 70.1 Å². The second-order valence-corrected chi connectivity index (χ2v) is 13.9. The summed E-state index contributed by atoms with van der Waals surface area (Å²) in [7, 11) is 0. The molecule has 9 rings (SSSR count). The predicted molar refractivity (Wildman–Crippen MR) is 131 cm³/mol. The summed E-state index contributed by atoms with van der Waals surface area (Å²) in [6.07, 6.45) is 11.4. The molecule has 1 aromatic carbocycles. The van der Waals surface area contributed by atoms with E-state index in [-0.39, 0.29) is 33.9 Å². The molecule has 2 saturated carbocycles. The Morgan fingerprint density at radius 3 is 2.71 bits per heavy atom. The van der Waals surface area contributed by atoms with Crippen molar-refractivity contribution in [2.75, 3.05) is 19.9 Å². The molecule has 5 aliphatic carbocycles. The minimum atomic E-state index is -0.425. The lowest BCUT2D eigenvalue weighted by atomic mass is 9.35. The first-order valence-corrected chi connectivity index (χ1v) is 13.7. The second kappa shape index (κ2) is 5.95. The molecular weight excluding hydrogens is 422 g/mol. The maximum Gasteiger partial charge on any atom is 0.148 e. The minimum absolute atomic E-state index is 0.00752. The van der Waals surface area contributed by atoms with Gasteiger partial charge in [-0.1, -0.05) is 45.1 Å². The quantitative estimate of drug-likeness (QED) is 0.570. The fourth-order valence-corrected chi connectivity index (χ4v) is 9.55. The van der Waals surface area contributed by atoms with Gasteiger partial charge < -0.3 is 14.2 Å². The first kappa shape index (κ1) is 20.8. The van der Waals surface area contributed by atoms with Crippen molar-refractivity contribution in [2.24, 2.45) is 22.7 Å². The van der Waals surface area contributed by atoms with Gasteiger partial charge in [0.1, 0.15) is 24.2 Å². The van der Waals surface area contributed by atoms with Crippen LogP contribution in [0.4, 0.5) is 0 Å². The zero-order valence-corrected chi connectivity index (χ0v) is 21.4. The molecule has 0 unspecified atom stereocenters. The Labute approximate surface area is 204 Å². The van der Waals surface area contributed by atoms with Gasteiger partial charge in [0.2, 0.25) is 0 Å². The van der Waals surface area contributed by atoms with Gasteiger partial charge in [-0.05, 0) is 75.0 Å². The van der Waals surface area contributed by atoms with E-state index in [4.69, 9.17) is 14.2 Å². The molecule has 3 heterocycles. The minimum Gasteiger partial charge on any atom is -0.485 e. The van der Waals surface area contributed by atoms with E-state index >= 15 is 0 Å². The van der Waals surface area contributed by atoms with Gasteiger partial charge in [-0.3, -0.25) is 4.90 Å². The SMILES string of the molecule is Cc1ccc2c3c1O[C@H]1[C@@]45C=C[C@@]6(C[C@@H]4[C@@](C)(C(C)(C)C)OCO5)[C@@H](C2)N(CC2CC2)CC[C@]316. The molecule has 3 aliphatic heterocycles. The molecule has 0 N–H and O–H groups in total. The van der Waals surface area contributed by atoms with Crippen LogP contribution in [-0.4, -0.2) is 48.1 Å². The molecule has 7 atom stereocenters. The van der Waals surface area contributed by atoms with Gasteiger partial charge in [-0.15, -0.1) is 0 Å². The molecule has 1 aromatic rings. The van der Waals surface area contributed by atoms with Crippen LogP contribution in [0.25, 0.3) is 0 Å². The van der Waals surface area contributed by atoms with E-state index in [1.165, 1.54) is 43.7 Å². The van der Waals surface area contributed by atoms with Crippen molar-refractivity contribution >= 4 is 0 Å². The molecule has 0 amide bonds. The lowest BCUT2D eigenvalue weighted by Gasteiger charge is -2.74. The van der Waals surface area contributed by atoms with Crippen LogP contribution in [0.15, 0.2) is 24.3 Å². The van der Waals surface area contributed by atoms with E-state index in [1.54, 1.807) is 11.1 Å². The number of hydrogen-bond acceptors (Lipinski definition) is 4. The summed E-state index contributed by atoms with van der Waals surface area (Å²) in [6, 6.07) is 5.26. The van der Waals surface area contributed by atoms with Crippen LogP contribution in [0.3, 0.4) is 0 Å². The van der Waals surface area contributed by atoms with Gasteiger partial charge in [-0.25, -0.2) is 0 Å². The molecule has 4 fully saturated rings. The summed E-state index contributed by atoms with van der Waals surface area (Å²) < 4.78 is 20.6. The van der Waals surface area contributed by atoms with E-state index in [0.29, 0.717) is 12.8 Å². The number of nitrogens with zero attached hydrogens (tertiary/aromatic N) is 1. The number of likely N-dealkylation sites (tertiary alicyclic amines) is 1. The Morgan fingerprint density at radius 1 is 1.12 bits per heavy atom. The fourth-order valence-electron chi connectivity index (χ4n) is 9.55. The van der Waals surface area contributed by atoms with Crippen molar-refractivity contribution in [1.82, 2.24) is 4.90 Å². The summed E-state index contributed by atoms with van der Waals surface area (Å²) in [5.74, 6) is 2.36. The van der Waals surface area contributed by atoms with E-state index in [2.05, 4.69) is 63.8 Å². The Balaban J connectivity index is 1.39. The standard InChI is InChI=1S/C30H39NO3/c1-18-6-9-20-14-22-28-10-11-30(21(15-28)27(5,26(2,3)4)32-17-33-30)25-29(28,23(20)24(18)34-25)12-13-31(22)16-19-7-8-19/h6,9-11,19,21-22,25H,7-8,12-17H2,1-5H3/t21-,22-,25-,27+,28-,29+,30-/m1/s1. The first-order chi connectivity index (χ1) is 16.2. The molecule has 0 radical (unpaired) electrons. The number of ether oxygens (including phenoxy) is 3. The maximum atomic E-state index is 7.18. The van der Waals surface area contributed by atoms with Crippen molar-refractivity contribution < 1.29 is 14.2 Å². The largest absolute Gasteiger partial charge is 0.485 e. The zero-order chi connectivity index (χ0) is 23.3. The van der Waals surface area contributed by atoms with Gasteiger partial charge >= 0.3 is 0 Å². The smallest absolute Gasteiger partial charge is 0.148 e. The van der Waals surface area contributed by atoms with Crippen LogP contribution >= 0.6 is 0 Å². The van der Waals surface area contributed by atoms with Gasteiger partial charge in [0, 0.05) is 29.5 Å². The Kier molecular flexibility index (Phi) is 3.64. The molecule has 2 saturated heterocycles. The normalized spacial score (nSPS) is 47.9. The second-order valence-electron chi connectivity index (χ2n) is 13.9. The third kappa shape index (κ3) is 2.05. The van der Waals surface area contributed by atoms with E-state index in [1.807, 2.05) is 0 Å². The Morgan fingerprint density at radius 2 is 1.94 bits per heavy atom. The average molecular weight is 462 g/mol. The van der Waals surface area contributed by atoms with Crippen molar-refractivity contribution in [3.63, 3.8) is 0 Å². The lowest BCUT2D eigenvalue weighted by molar-refractivity contribution is -0.356. The van der Waals surface area contributed by atoms with Crippen LogP contribution in [0.2, 0.25) is 0 Å². The highest BCUT2D eigenvalue weighted by molar-refractivity contribution is 5.63. The third-order valence-electron chi connectivity index (χ3n) is 11.8. The first-order valence-electron chi connectivity index (χ1n) is 13.7. The van der Waals surface area contributed by atoms with Gasteiger partial charge in [0.05, 0.1) is 11.0 Å². The van der Waals surface area contributed by atoms with E-state index in [9.17, 15) is 0 Å². The molecule has 0 aromatic heterocycles. The third-order valence-corrected chi connectivity index (χ3v) is 11.8. The molecule has 4 heteroatoms. The maximum absolute atomic E-state index is 7.18. The lowest BCUT2D eigenvalue weighted by Crippen LogP contribution is -2.83. The van der Waals surface area contributed by atoms with Gasteiger partial charge in [0.25, 0.3) is 0 Å². The highest BCUT2D eigenvalue weighted by Gasteiger charge is 2.82. The molecule has 182 valence electrons. The monoisotopic (exact) mass is 461 g/mol. The Bertz CT molecular complexity index is 1130. The van der Waals surface area contributed by atoms with Crippen LogP contribution in [0, 0.1) is 29.6 Å². The zero-order valence-electron chi connectivity index (χ0n) is 21.4. The molecule has 4 nitrogen and oxygen atoms in total. The predicted octanol–water partition coefficient (Wildman–Crippen LogP) is 5.16. The van der Waals surface area contributed by atoms with Crippen LogP contribution < -0.4 is 4.74 Å². The number of hydrogen-bond donors (Lipinski definition) is 0. The molecule has 34 heavy (non-hydrogen) atoms. The molecular formula is C30H39NO3. The van der Waals surface area contributed by atoms with Crippen molar-refractivity contribution in [3.8, 4) is 5.75 Å². The van der Waals surface area contributed by atoms with Gasteiger partial charge in [0.15, 0.2) is 0 Å². The summed E-state index contributed by atoms with van der Waals surface area (Å²) in [5, 5.41) is 0. The summed E-state index contributed by atoms with van der Waals surface area (Å²) in [5.41, 5.74) is 3.79. The molecule has 3 spiro atoms. The van der Waals surface area contributed by atoms with E-state index < -0.39 is 5.60 Å². The van der Waals surface area contributed by atoms with Gasteiger partial charge in [-0.2, -0.15) is 0 Å². The molecule has 8 aliphatic rings. The topological polar surface area (TPSA) is 30.9 Å². The average Bonchev–Trinajstić information content (AvgIpc) is 3.53. The van der Waals surface area contributed by atoms with E-state index in [0.717, 1.165) is 18.8 Å². The summed E-state index contributed by atoms with van der Waals surface area (Å²) in [4.78, 5) is 2.89. The summed E-state index contributed by atoms with van der Waals surface area (Å²) in [6.45, 7) is 14.4. The highest BCUT2D eigenvalue weighted by Crippen LogP contribution is 2.76. The van der Waals surface area contributed by atoms with Crippen LogP contribution in [-0.2, 0) is 21.3 Å². The van der Waals surface area contributed by atoms with Crippen molar-refractivity contribution in [1.29, 1.82) is 0 Å². The summed E-state index contributed by atoms with van der Waals surface area (Å²) >= 11 is 0. The molecule has 4 bridgehead atoms. The van der Waals surface area contributed by atoms with Crippen LogP contribution in [0.5, 0.6) is 5.75 Å². The fraction of sp³-hybridized carbons (Fsp3) is 0.733. The van der Waals surface area contributed by atoms with Crippen molar-refractivity contribution in [3.05, 3.63) is 41.0 Å². The number of piperidine rings is 1. The number of aryl methyl sites for hydroxylation is 1. The highest BCUT2D eigenvalue weighted by atomic mass is 16.7. The number of benzene rings is 1. The van der Waals surface area contributed by atoms with Crippen molar-refractivity contribution in [2.45, 2.75) is 95.5 Å². The Hall–Kier alpha value is -1.36.